The lowest BCUT2D eigenvalue weighted by Crippen LogP contribution is -2.30. The molecule has 1 aromatic heterocycles. The van der Waals surface area contributed by atoms with Crippen molar-refractivity contribution in [1.29, 1.82) is 0 Å². The smallest absolute Gasteiger partial charge is 0.120 e. The van der Waals surface area contributed by atoms with Crippen LogP contribution in [-0.4, -0.2) is 24.1 Å². The maximum Gasteiger partial charge on any atom is 0.120 e. The molecule has 4 heteroatoms. The van der Waals surface area contributed by atoms with E-state index < -0.39 is 0 Å². The zero-order valence-corrected chi connectivity index (χ0v) is 13.7. The van der Waals surface area contributed by atoms with E-state index in [4.69, 9.17) is 4.74 Å². The van der Waals surface area contributed by atoms with E-state index in [0.717, 1.165) is 36.0 Å². The first-order valence-corrected chi connectivity index (χ1v) is 8.68. The highest BCUT2D eigenvalue weighted by atomic mass is 79.9. The Morgan fingerprint density at radius 2 is 2.20 bits per heavy atom. The van der Waals surface area contributed by atoms with Crippen LogP contribution in [0.25, 0.3) is 0 Å². The van der Waals surface area contributed by atoms with E-state index in [0.29, 0.717) is 0 Å². The second kappa shape index (κ2) is 6.74. The van der Waals surface area contributed by atoms with E-state index in [1.54, 1.807) is 11.3 Å². The van der Waals surface area contributed by atoms with Crippen molar-refractivity contribution in [2.75, 3.05) is 13.2 Å². The molecular formula is C16H18BrNOS. The van der Waals surface area contributed by atoms with Gasteiger partial charge in [0.05, 0.1) is 0 Å². The average Bonchev–Trinajstić information content (AvgIpc) is 3.16. The van der Waals surface area contributed by atoms with Gasteiger partial charge in [-0.1, -0.05) is 22.0 Å². The molecule has 1 fully saturated rings. The van der Waals surface area contributed by atoms with Crippen LogP contribution in [0, 0.1) is 0 Å². The lowest BCUT2D eigenvalue weighted by molar-refractivity contribution is 0.195. The molecule has 0 bridgehead atoms. The summed E-state index contributed by atoms with van der Waals surface area (Å²) in [6, 6.07) is 11.0. The molecule has 20 heavy (non-hydrogen) atoms. The average molecular weight is 352 g/mol. The number of ether oxygens (including phenoxy) is 1. The van der Waals surface area contributed by atoms with Crippen LogP contribution in [0.4, 0.5) is 0 Å². The number of nitrogens with zero attached hydrogens (tertiary/aromatic N) is 1. The molecule has 2 aromatic rings. The fraction of sp³-hybridized carbons (Fsp3) is 0.375. The van der Waals surface area contributed by atoms with Gasteiger partial charge >= 0.3 is 0 Å². The molecule has 0 radical (unpaired) electrons. The predicted octanol–water partition coefficient (Wildman–Crippen LogP) is 4.55. The zero-order valence-electron chi connectivity index (χ0n) is 11.3. The summed E-state index contributed by atoms with van der Waals surface area (Å²) in [5.74, 6) is 0.936. The van der Waals surface area contributed by atoms with Crippen molar-refractivity contribution in [3.8, 4) is 5.75 Å². The molecule has 2 nitrogen and oxygen atoms in total. The molecule has 1 heterocycles. The third-order valence-corrected chi connectivity index (χ3v) is 4.70. The highest BCUT2D eigenvalue weighted by Crippen LogP contribution is 2.28. The minimum atomic E-state index is 0.747. The van der Waals surface area contributed by atoms with Gasteiger partial charge in [-0.2, -0.15) is 11.3 Å². The van der Waals surface area contributed by atoms with E-state index in [1.165, 1.54) is 18.4 Å². The van der Waals surface area contributed by atoms with Crippen LogP contribution < -0.4 is 4.74 Å². The van der Waals surface area contributed by atoms with Crippen LogP contribution >= 0.6 is 27.3 Å². The molecule has 0 N–H and O–H groups in total. The van der Waals surface area contributed by atoms with Crippen LogP contribution in [0.3, 0.4) is 0 Å². The lowest BCUT2D eigenvalue weighted by atomic mass is 10.3. The van der Waals surface area contributed by atoms with Gasteiger partial charge in [0.1, 0.15) is 12.4 Å². The summed E-state index contributed by atoms with van der Waals surface area (Å²) in [6.45, 7) is 2.79. The van der Waals surface area contributed by atoms with Crippen LogP contribution in [-0.2, 0) is 6.54 Å². The molecule has 3 rings (SSSR count). The third kappa shape index (κ3) is 4.08. The van der Waals surface area contributed by atoms with Crippen LogP contribution in [0.15, 0.2) is 45.6 Å². The Morgan fingerprint density at radius 1 is 1.30 bits per heavy atom. The SMILES string of the molecule is Brc1cccc(OCCN(Cc2ccsc2)C2CC2)c1. The molecule has 0 saturated heterocycles. The van der Waals surface area contributed by atoms with Crippen molar-refractivity contribution >= 4 is 27.3 Å². The Balaban J connectivity index is 1.50. The monoisotopic (exact) mass is 351 g/mol. The molecular weight excluding hydrogens is 334 g/mol. The normalized spacial score (nSPS) is 14.7. The van der Waals surface area contributed by atoms with E-state index in [9.17, 15) is 0 Å². The van der Waals surface area contributed by atoms with Gasteiger partial charge < -0.3 is 4.74 Å². The van der Waals surface area contributed by atoms with E-state index in [1.807, 2.05) is 24.3 Å². The number of halogens is 1. The Kier molecular flexibility index (Phi) is 4.76. The zero-order chi connectivity index (χ0) is 13.8. The van der Waals surface area contributed by atoms with Gasteiger partial charge in [0.25, 0.3) is 0 Å². The van der Waals surface area contributed by atoms with Crippen molar-refractivity contribution in [2.45, 2.75) is 25.4 Å². The molecule has 0 atom stereocenters. The van der Waals surface area contributed by atoms with E-state index in [2.05, 4.69) is 37.7 Å². The van der Waals surface area contributed by atoms with Crippen molar-refractivity contribution in [1.82, 2.24) is 4.90 Å². The number of hydrogen-bond acceptors (Lipinski definition) is 3. The van der Waals surface area contributed by atoms with Gasteiger partial charge in [-0.15, -0.1) is 0 Å². The first-order chi connectivity index (χ1) is 9.81. The summed E-state index contributed by atoms with van der Waals surface area (Å²) in [4.78, 5) is 2.54. The number of hydrogen-bond donors (Lipinski definition) is 0. The first kappa shape index (κ1) is 14.1. The number of thiophene rings is 1. The standard InChI is InChI=1S/C16H18BrNOS/c17-14-2-1-3-16(10-14)19-8-7-18(15-4-5-15)11-13-6-9-20-12-13/h1-3,6,9-10,12,15H,4-5,7-8,11H2. The predicted molar refractivity (Wildman–Crippen MR) is 87.4 cm³/mol. The summed E-state index contributed by atoms with van der Waals surface area (Å²) >= 11 is 5.24. The van der Waals surface area contributed by atoms with Gasteiger partial charge in [0, 0.05) is 23.6 Å². The van der Waals surface area contributed by atoms with Gasteiger partial charge in [-0.3, -0.25) is 4.90 Å². The van der Waals surface area contributed by atoms with Gasteiger partial charge in [-0.25, -0.2) is 0 Å². The number of rotatable bonds is 7. The second-order valence-electron chi connectivity index (χ2n) is 5.14. The Labute approximate surface area is 132 Å². The fourth-order valence-electron chi connectivity index (χ4n) is 2.29. The van der Waals surface area contributed by atoms with E-state index in [-0.39, 0.29) is 0 Å². The maximum atomic E-state index is 5.85. The molecule has 0 spiro atoms. The Morgan fingerprint density at radius 3 is 2.90 bits per heavy atom. The molecule has 0 unspecified atom stereocenters. The van der Waals surface area contributed by atoms with E-state index >= 15 is 0 Å². The molecule has 0 aliphatic heterocycles. The molecule has 1 aliphatic carbocycles. The van der Waals surface area contributed by atoms with Crippen molar-refractivity contribution in [2.24, 2.45) is 0 Å². The van der Waals surface area contributed by atoms with Crippen molar-refractivity contribution in [3.63, 3.8) is 0 Å². The fourth-order valence-corrected chi connectivity index (χ4v) is 3.32. The first-order valence-electron chi connectivity index (χ1n) is 6.95. The van der Waals surface area contributed by atoms with Crippen molar-refractivity contribution in [3.05, 3.63) is 51.1 Å². The third-order valence-electron chi connectivity index (χ3n) is 3.47. The minimum absolute atomic E-state index is 0.747. The van der Waals surface area contributed by atoms with Gasteiger partial charge in [0.15, 0.2) is 0 Å². The second-order valence-corrected chi connectivity index (χ2v) is 6.83. The Bertz CT molecular complexity index is 539. The van der Waals surface area contributed by atoms with Crippen molar-refractivity contribution < 1.29 is 4.74 Å². The Hall–Kier alpha value is -0.840. The quantitative estimate of drug-likeness (QED) is 0.725. The highest BCUT2D eigenvalue weighted by Gasteiger charge is 2.28. The molecule has 0 amide bonds. The summed E-state index contributed by atoms with van der Waals surface area (Å²) < 4.78 is 6.91. The topological polar surface area (TPSA) is 12.5 Å². The lowest BCUT2D eigenvalue weighted by Gasteiger charge is -2.21. The molecule has 1 aromatic carbocycles. The summed E-state index contributed by atoms with van der Waals surface area (Å²) in [7, 11) is 0. The van der Waals surface area contributed by atoms with Gasteiger partial charge in [-0.05, 0) is 53.4 Å². The largest absolute Gasteiger partial charge is 0.492 e. The maximum absolute atomic E-state index is 5.85. The molecule has 1 saturated carbocycles. The summed E-state index contributed by atoms with van der Waals surface area (Å²) in [5.41, 5.74) is 1.42. The molecule has 1 aliphatic rings. The summed E-state index contributed by atoms with van der Waals surface area (Å²) in [6.07, 6.45) is 2.67. The number of benzene rings is 1. The van der Waals surface area contributed by atoms with Crippen LogP contribution in [0.2, 0.25) is 0 Å². The minimum Gasteiger partial charge on any atom is -0.492 e. The van der Waals surface area contributed by atoms with Gasteiger partial charge in [0.2, 0.25) is 0 Å². The van der Waals surface area contributed by atoms with Crippen LogP contribution in [0.5, 0.6) is 5.75 Å². The highest BCUT2D eigenvalue weighted by molar-refractivity contribution is 9.10. The van der Waals surface area contributed by atoms with Crippen LogP contribution in [0.1, 0.15) is 18.4 Å². The molecule has 106 valence electrons. The summed E-state index contributed by atoms with van der Waals surface area (Å²) in [5, 5.41) is 4.39.